The Bertz CT molecular complexity index is 282. The van der Waals surface area contributed by atoms with Gasteiger partial charge in [0.15, 0.2) is 0 Å². The molecule has 0 aliphatic heterocycles. The highest BCUT2D eigenvalue weighted by Crippen LogP contribution is 2.06. The number of carbonyl (C=O) groups excluding carboxylic acids is 1. The Labute approximate surface area is 117 Å². The molecule has 0 bridgehead atoms. The van der Waals surface area contributed by atoms with Gasteiger partial charge in [0.05, 0.1) is 25.4 Å². The molecule has 0 saturated heterocycles. The van der Waals surface area contributed by atoms with Crippen LogP contribution in [-0.4, -0.2) is 25.8 Å². The molecule has 0 amide bonds. The summed E-state index contributed by atoms with van der Waals surface area (Å²) in [6, 6.07) is 0. The topological polar surface area (TPSA) is 35.5 Å². The van der Waals surface area contributed by atoms with Crippen molar-refractivity contribution in [1.29, 1.82) is 0 Å². The standard InChI is InChI=1S/C16H28O3/c1-5-6-7-8-9-10-11-19-16(17)15(4)13-18-12-14(2)3/h2,4-13H2,1,3H3. The van der Waals surface area contributed by atoms with Crippen LogP contribution in [0.15, 0.2) is 24.3 Å². The Kier molecular flexibility index (Phi) is 11.3. The predicted octanol–water partition coefficient (Wildman–Crippen LogP) is 4.04. The second kappa shape index (κ2) is 12.0. The van der Waals surface area contributed by atoms with Gasteiger partial charge >= 0.3 is 5.97 Å². The molecule has 0 fully saturated rings. The summed E-state index contributed by atoms with van der Waals surface area (Å²) in [6.07, 6.45) is 7.07. The van der Waals surface area contributed by atoms with Gasteiger partial charge in [-0.3, -0.25) is 0 Å². The fraction of sp³-hybridized carbons (Fsp3) is 0.688. The minimum absolute atomic E-state index is 0.211. The van der Waals surface area contributed by atoms with E-state index in [1.54, 1.807) is 0 Å². The van der Waals surface area contributed by atoms with E-state index in [-0.39, 0.29) is 12.6 Å². The lowest BCUT2D eigenvalue weighted by molar-refractivity contribution is -0.139. The predicted molar refractivity (Wildman–Crippen MR) is 79.1 cm³/mol. The van der Waals surface area contributed by atoms with Gasteiger partial charge in [0.1, 0.15) is 0 Å². The molecule has 0 heterocycles. The monoisotopic (exact) mass is 268 g/mol. The molecule has 0 aromatic rings. The summed E-state index contributed by atoms with van der Waals surface area (Å²) in [5.74, 6) is -0.352. The lowest BCUT2D eigenvalue weighted by atomic mass is 10.1. The first-order chi connectivity index (χ1) is 9.07. The van der Waals surface area contributed by atoms with Crippen molar-refractivity contribution in [2.75, 3.05) is 19.8 Å². The van der Waals surface area contributed by atoms with Crippen LogP contribution >= 0.6 is 0 Å². The van der Waals surface area contributed by atoms with E-state index in [9.17, 15) is 4.79 Å². The van der Waals surface area contributed by atoms with Crippen LogP contribution < -0.4 is 0 Å². The molecule has 0 aliphatic rings. The highest BCUT2D eigenvalue weighted by atomic mass is 16.5. The number of carbonyl (C=O) groups is 1. The molecule has 0 aromatic heterocycles. The molecule has 0 saturated carbocycles. The van der Waals surface area contributed by atoms with Crippen LogP contribution in [0.25, 0.3) is 0 Å². The highest BCUT2D eigenvalue weighted by molar-refractivity contribution is 5.87. The van der Waals surface area contributed by atoms with Crippen LogP contribution in [0.1, 0.15) is 52.4 Å². The van der Waals surface area contributed by atoms with Crippen molar-refractivity contribution in [2.24, 2.45) is 0 Å². The van der Waals surface area contributed by atoms with E-state index >= 15 is 0 Å². The van der Waals surface area contributed by atoms with Crippen molar-refractivity contribution in [3.05, 3.63) is 24.3 Å². The van der Waals surface area contributed by atoms with Gasteiger partial charge < -0.3 is 9.47 Å². The van der Waals surface area contributed by atoms with Gasteiger partial charge in [-0.15, -0.1) is 0 Å². The summed E-state index contributed by atoms with van der Waals surface area (Å²) in [6.45, 7) is 12.6. The number of hydrogen-bond acceptors (Lipinski definition) is 3. The summed E-state index contributed by atoms with van der Waals surface area (Å²) in [7, 11) is 0. The minimum atomic E-state index is -0.352. The van der Waals surface area contributed by atoms with Gasteiger partial charge in [-0.05, 0) is 13.3 Å². The number of unbranched alkanes of at least 4 members (excludes halogenated alkanes) is 5. The lowest BCUT2D eigenvalue weighted by Crippen LogP contribution is -2.13. The van der Waals surface area contributed by atoms with E-state index in [0.717, 1.165) is 18.4 Å². The van der Waals surface area contributed by atoms with Gasteiger partial charge in [0, 0.05) is 0 Å². The lowest BCUT2D eigenvalue weighted by Gasteiger charge is -2.08. The van der Waals surface area contributed by atoms with Crippen molar-refractivity contribution in [3.8, 4) is 0 Å². The SMILES string of the molecule is C=C(C)COCC(=C)C(=O)OCCCCCCCC. The second-order valence-electron chi connectivity index (χ2n) is 4.96. The first-order valence-corrected chi connectivity index (χ1v) is 7.15. The van der Waals surface area contributed by atoms with Crippen molar-refractivity contribution in [3.63, 3.8) is 0 Å². The minimum Gasteiger partial charge on any atom is -0.462 e. The molecule has 3 heteroatoms. The largest absolute Gasteiger partial charge is 0.462 e. The van der Waals surface area contributed by atoms with Gasteiger partial charge in [-0.25, -0.2) is 4.79 Å². The molecule has 0 N–H and O–H groups in total. The van der Waals surface area contributed by atoms with Crippen LogP contribution in [-0.2, 0) is 14.3 Å². The molecule has 0 aliphatic carbocycles. The zero-order valence-electron chi connectivity index (χ0n) is 12.5. The molecule has 3 nitrogen and oxygen atoms in total. The molecule has 0 radical (unpaired) electrons. The van der Waals surface area contributed by atoms with Gasteiger partial charge in [-0.2, -0.15) is 0 Å². The molecule has 0 atom stereocenters. The maximum atomic E-state index is 11.5. The van der Waals surface area contributed by atoms with E-state index < -0.39 is 0 Å². The fourth-order valence-electron chi connectivity index (χ4n) is 1.56. The van der Waals surface area contributed by atoms with Gasteiger partial charge in [-0.1, -0.05) is 57.8 Å². The van der Waals surface area contributed by atoms with Crippen LogP contribution in [0.2, 0.25) is 0 Å². The van der Waals surface area contributed by atoms with E-state index in [1.807, 2.05) is 6.92 Å². The second-order valence-corrected chi connectivity index (χ2v) is 4.96. The van der Waals surface area contributed by atoms with Crippen LogP contribution in [0.3, 0.4) is 0 Å². The third-order valence-corrected chi connectivity index (χ3v) is 2.64. The first kappa shape index (κ1) is 17.9. The average molecular weight is 268 g/mol. The van der Waals surface area contributed by atoms with Gasteiger partial charge in [0.25, 0.3) is 0 Å². The molecule has 0 aromatic carbocycles. The van der Waals surface area contributed by atoms with Crippen LogP contribution in [0, 0.1) is 0 Å². The van der Waals surface area contributed by atoms with Crippen molar-refractivity contribution < 1.29 is 14.3 Å². The molecule has 110 valence electrons. The molecule has 0 spiro atoms. The molecule has 0 unspecified atom stereocenters. The maximum absolute atomic E-state index is 11.5. The summed E-state index contributed by atoms with van der Waals surface area (Å²) in [4.78, 5) is 11.5. The number of esters is 1. The fourth-order valence-corrected chi connectivity index (χ4v) is 1.56. The van der Waals surface area contributed by atoms with E-state index in [0.29, 0.717) is 18.8 Å². The van der Waals surface area contributed by atoms with Crippen LogP contribution in [0.5, 0.6) is 0 Å². The number of hydrogen-bond donors (Lipinski definition) is 0. The number of ether oxygens (including phenoxy) is 2. The average Bonchev–Trinajstić information content (AvgIpc) is 2.36. The zero-order chi connectivity index (χ0) is 14.5. The maximum Gasteiger partial charge on any atom is 0.335 e. The third kappa shape index (κ3) is 11.7. The molecular formula is C16H28O3. The Hall–Kier alpha value is -1.09. The summed E-state index contributed by atoms with van der Waals surface area (Å²) < 4.78 is 10.4. The van der Waals surface area contributed by atoms with E-state index in [2.05, 4.69) is 20.1 Å². The van der Waals surface area contributed by atoms with Crippen LogP contribution in [0.4, 0.5) is 0 Å². The van der Waals surface area contributed by atoms with Crippen molar-refractivity contribution >= 4 is 5.97 Å². The molecule has 19 heavy (non-hydrogen) atoms. The molecule has 0 rings (SSSR count). The summed E-state index contributed by atoms with van der Waals surface area (Å²) >= 11 is 0. The Morgan fingerprint density at radius 1 is 1.00 bits per heavy atom. The Morgan fingerprint density at radius 2 is 1.63 bits per heavy atom. The summed E-state index contributed by atoms with van der Waals surface area (Å²) in [5, 5.41) is 0. The van der Waals surface area contributed by atoms with Gasteiger partial charge in [0.2, 0.25) is 0 Å². The van der Waals surface area contributed by atoms with Crippen molar-refractivity contribution in [1.82, 2.24) is 0 Å². The quantitative estimate of drug-likeness (QED) is 0.232. The summed E-state index contributed by atoms with van der Waals surface area (Å²) in [5.41, 5.74) is 1.29. The third-order valence-electron chi connectivity index (χ3n) is 2.64. The smallest absolute Gasteiger partial charge is 0.335 e. The highest BCUT2D eigenvalue weighted by Gasteiger charge is 2.08. The first-order valence-electron chi connectivity index (χ1n) is 7.15. The Morgan fingerprint density at radius 3 is 2.26 bits per heavy atom. The van der Waals surface area contributed by atoms with Crippen molar-refractivity contribution in [2.45, 2.75) is 52.4 Å². The Balaban J connectivity index is 3.46. The normalized spacial score (nSPS) is 10.2. The van der Waals surface area contributed by atoms with E-state index in [4.69, 9.17) is 9.47 Å². The number of rotatable bonds is 12. The van der Waals surface area contributed by atoms with E-state index in [1.165, 1.54) is 25.7 Å². The molecular weight excluding hydrogens is 240 g/mol. The zero-order valence-corrected chi connectivity index (χ0v) is 12.5.